The molecule has 2 heterocycles. The van der Waals surface area contributed by atoms with E-state index in [1.807, 2.05) is 39.0 Å². The summed E-state index contributed by atoms with van der Waals surface area (Å²) in [7, 11) is 0. The maximum Gasteiger partial charge on any atom is 0.410 e. The molecule has 28 heavy (non-hydrogen) atoms. The standard InChI is InChI=1S/C23H29N3O2/c1-16-17(2)21(25-24-20(16)15-18-9-7-6-8-10-18)19-11-13-26(14-12-19)22(27)28-23(3,4)5/h6-11H,12-15H2,1-5H3. The number of hydrogen-bond donors (Lipinski definition) is 0. The third kappa shape index (κ3) is 4.77. The fraction of sp³-hybridized carbons (Fsp3) is 0.435. The van der Waals surface area contributed by atoms with Crippen LogP contribution in [0, 0.1) is 13.8 Å². The van der Waals surface area contributed by atoms with Gasteiger partial charge in [0.1, 0.15) is 5.60 Å². The fourth-order valence-corrected chi connectivity index (χ4v) is 3.29. The lowest BCUT2D eigenvalue weighted by Crippen LogP contribution is -2.39. The molecular weight excluding hydrogens is 350 g/mol. The number of aromatic nitrogens is 2. The van der Waals surface area contributed by atoms with Crippen molar-refractivity contribution in [1.82, 2.24) is 15.1 Å². The van der Waals surface area contributed by atoms with Crippen LogP contribution in [0.4, 0.5) is 4.79 Å². The van der Waals surface area contributed by atoms with Crippen molar-refractivity contribution in [3.05, 3.63) is 64.5 Å². The molecule has 0 radical (unpaired) electrons. The number of amides is 1. The van der Waals surface area contributed by atoms with Gasteiger partial charge >= 0.3 is 6.09 Å². The Morgan fingerprint density at radius 1 is 1.11 bits per heavy atom. The van der Waals surface area contributed by atoms with Gasteiger partial charge in [0.05, 0.1) is 11.4 Å². The van der Waals surface area contributed by atoms with E-state index in [1.54, 1.807) is 4.90 Å². The largest absolute Gasteiger partial charge is 0.444 e. The molecule has 1 amide bonds. The molecule has 0 N–H and O–H groups in total. The van der Waals surface area contributed by atoms with Gasteiger partial charge in [0, 0.05) is 19.5 Å². The lowest BCUT2D eigenvalue weighted by Gasteiger charge is -2.29. The summed E-state index contributed by atoms with van der Waals surface area (Å²) < 4.78 is 5.46. The maximum atomic E-state index is 12.2. The third-order valence-corrected chi connectivity index (χ3v) is 5.00. The monoisotopic (exact) mass is 379 g/mol. The van der Waals surface area contributed by atoms with Crippen molar-refractivity contribution in [3.8, 4) is 0 Å². The summed E-state index contributed by atoms with van der Waals surface area (Å²) in [4.78, 5) is 14.0. The first-order valence-corrected chi connectivity index (χ1v) is 9.78. The molecule has 0 unspecified atom stereocenters. The van der Waals surface area contributed by atoms with Crippen LogP contribution in [0.25, 0.3) is 5.57 Å². The minimum absolute atomic E-state index is 0.264. The van der Waals surface area contributed by atoms with Crippen LogP contribution in [0.15, 0.2) is 36.4 Å². The van der Waals surface area contributed by atoms with Crippen molar-refractivity contribution in [2.24, 2.45) is 0 Å². The van der Waals surface area contributed by atoms with Crippen LogP contribution < -0.4 is 0 Å². The van der Waals surface area contributed by atoms with E-state index in [9.17, 15) is 4.79 Å². The Balaban J connectivity index is 1.74. The number of hydrogen-bond acceptors (Lipinski definition) is 4. The molecule has 148 valence electrons. The number of rotatable bonds is 3. The van der Waals surface area contributed by atoms with E-state index in [0.29, 0.717) is 13.1 Å². The van der Waals surface area contributed by atoms with Gasteiger partial charge in [0.2, 0.25) is 0 Å². The Morgan fingerprint density at radius 2 is 1.82 bits per heavy atom. The molecule has 0 fully saturated rings. The van der Waals surface area contributed by atoms with Gasteiger partial charge in [-0.1, -0.05) is 36.4 Å². The van der Waals surface area contributed by atoms with Gasteiger partial charge in [-0.3, -0.25) is 0 Å². The van der Waals surface area contributed by atoms with E-state index in [2.05, 4.69) is 42.3 Å². The highest BCUT2D eigenvalue weighted by Gasteiger charge is 2.25. The molecule has 1 aliphatic rings. The van der Waals surface area contributed by atoms with Crippen LogP contribution in [-0.4, -0.2) is 39.9 Å². The zero-order valence-corrected chi connectivity index (χ0v) is 17.5. The van der Waals surface area contributed by atoms with Gasteiger partial charge in [0.25, 0.3) is 0 Å². The zero-order valence-electron chi connectivity index (χ0n) is 17.5. The molecule has 5 heteroatoms. The van der Waals surface area contributed by atoms with Gasteiger partial charge in [-0.05, 0) is 63.3 Å². The smallest absolute Gasteiger partial charge is 0.410 e. The second kappa shape index (κ2) is 8.13. The Labute approximate surface area is 167 Å². The molecule has 0 aliphatic carbocycles. The first kappa shape index (κ1) is 20.1. The Hall–Kier alpha value is -2.69. The van der Waals surface area contributed by atoms with Gasteiger partial charge in [-0.15, -0.1) is 0 Å². The lowest BCUT2D eigenvalue weighted by molar-refractivity contribution is 0.0270. The zero-order chi connectivity index (χ0) is 20.3. The van der Waals surface area contributed by atoms with Crippen LogP contribution >= 0.6 is 0 Å². The quantitative estimate of drug-likeness (QED) is 0.775. The minimum atomic E-state index is -0.477. The van der Waals surface area contributed by atoms with Crippen LogP contribution in [0.5, 0.6) is 0 Å². The van der Waals surface area contributed by atoms with E-state index in [1.165, 1.54) is 11.1 Å². The molecule has 0 spiro atoms. The van der Waals surface area contributed by atoms with Crippen molar-refractivity contribution in [1.29, 1.82) is 0 Å². The van der Waals surface area contributed by atoms with Crippen LogP contribution in [0.1, 0.15) is 55.3 Å². The van der Waals surface area contributed by atoms with Crippen molar-refractivity contribution in [2.75, 3.05) is 13.1 Å². The van der Waals surface area contributed by atoms with Crippen LogP contribution in [-0.2, 0) is 11.2 Å². The lowest BCUT2D eigenvalue weighted by atomic mass is 9.96. The number of ether oxygens (including phenoxy) is 1. The molecule has 0 bridgehead atoms. The van der Waals surface area contributed by atoms with Gasteiger partial charge in [-0.25, -0.2) is 4.79 Å². The number of carbonyl (C=O) groups excluding carboxylic acids is 1. The van der Waals surface area contributed by atoms with Crippen molar-refractivity contribution in [3.63, 3.8) is 0 Å². The molecule has 1 aromatic heterocycles. The molecule has 3 rings (SSSR count). The summed E-state index contributed by atoms with van der Waals surface area (Å²) in [6.07, 6.45) is 3.35. The minimum Gasteiger partial charge on any atom is -0.444 e. The van der Waals surface area contributed by atoms with Gasteiger partial charge in [-0.2, -0.15) is 10.2 Å². The summed E-state index contributed by atoms with van der Waals surface area (Å²) in [6, 6.07) is 10.3. The van der Waals surface area contributed by atoms with E-state index >= 15 is 0 Å². The molecule has 5 nitrogen and oxygen atoms in total. The third-order valence-electron chi connectivity index (χ3n) is 5.00. The average molecular weight is 380 g/mol. The molecule has 1 aromatic carbocycles. The van der Waals surface area contributed by atoms with Crippen molar-refractivity contribution < 1.29 is 9.53 Å². The fourth-order valence-electron chi connectivity index (χ4n) is 3.29. The highest BCUT2D eigenvalue weighted by atomic mass is 16.6. The highest BCUT2D eigenvalue weighted by molar-refractivity contribution is 5.72. The number of benzene rings is 1. The van der Waals surface area contributed by atoms with E-state index < -0.39 is 5.60 Å². The molecule has 0 saturated carbocycles. The predicted octanol–water partition coefficient (Wildman–Crippen LogP) is 4.71. The topological polar surface area (TPSA) is 55.3 Å². The molecule has 0 atom stereocenters. The summed E-state index contributed by atoms with van der Waals surface area (Å²) in [6.45, 7) is 11.0. The van der Waals surface area contributed by atoms with Crippen LogP contribution in [0.3, 0.4) is 0 Å². The molecule has 1 aliphatic heterocycles. The van der Waals surface area contributed by atoms with E-state index in [-0.39, 0.29) is 6.09 Å². The summed E-state index contributed by atoms with van der Waals surface area (Å²) in [5.74, 6) is 0. The SMILES string of the molecule is Cc1c(Cc2ccccc2)nnc(C2=CCN(C(=O)OC(C)(C)C)CC2)c1C. The van der Waals surface area contributed by atoms with Crippen molar-refractivity contribution >= 4 is 11.7 Å². The molecule has 0 saturated heterocycles. The van der Waals surface area contributed by atoms with E-state index in [4.69, 9.17) is 4.74 Å². The number of carbonyl (C=O) groups is 1. The second-order valence-corrected chi connectivity index (χ2v) is 8.31. The van der Waals surface area contributed by atoms with Crippen molar-refractivity contribution in [2.45, 2.75) is 53.1 Å². The second-order valence-electron chi connectivity index (χ2n) is 8.31. The van der Waals surface area contributed by atoms with Gasteiger partial charge in [0.15, 0.2) is 0 Å². The summed E-state index contributed by atoms with van der Waals surface area (Å²) >= 11 is 0. The van der Waals surface area contributed by atoms with Crippen LogP contribution in [0.2, 0.25) is 0 Å². The average Bonchev–Trinajstić information content (AvgIpc) is 2.65. The number of nitrogens with zero attached hydrogens (tertiary/aromatic N) is 3. The normalized spacial score (nSPS) is 14.6. The molecule has 2 aromatic rings. The highest BCUT2D eigenvalue weighted by Crippen LogP contribution is 2.27. The summed E-state index contributed by atoms with van der Waals surface area (Å²) in [5, 5.41) is 9.05. The first-order valence-electron chi connectivity index (χ1n) is 9.78. The Kier molecular flexibility index (Phi) is 5.82. The first-order chi connectivity index (χ1) is 13.2. The maximum absolute atomic E-state index is 12.2. The summed E-state index contributed by atoms with van der Waals surface area (Å²) in [5.41, 5.74) is 6.21. The Bertz CT molecular complexity index is 883. The van der Waals surface area contributed by atoms with E-state index in [0.717, 1.165) is 35.4 Å². The molecular formula is C23H29N3O2. The predicted molar refractivity (Wildman–Crippen MR) is 111 cm³/mol. The Morgan fingerprint density at radius 3 is 2.43 bits per heavy atom. The van der Waals surface area contributed by atoms with Gasteiger partial charge < -0.3 is 9.64 Å².